The molecule has 3 rings (SSSR count). The van der Waals surface area contributed by atoms with Crippen LogP contribution in [0.4, 0.5) is 24.8 Å². The Morgan fingerprint density at radius 2 is 1.53 bits per heavy atom. The van der Waals surface area contributed by atoms with E-state index < -0.39 is 83.6 Å². The SMILES string of the molecule is CC(C)(C)OC(=O)CC[C@H](NC(=O)CC[C@H](NC(=O)c1ccc(N(Cc2c[nH]c3nc(N)nc(=O)c-3n2)C(=O)C(F)(F)F)cc1)C(=O)OC(C)(C)C)C(=O)NCCC=S. The summed E-state index contributed by atoms with van der Waals surface area (Å²) in [7, 11) is 0. The number of hydrogen-bond acceptors (Lipinski definition) is 14. The maximum absolute atomic E-state index is 13.7. The van der Waals surface area contributed by atoms with Gasteiger partial charge in [-0.25, -0.2) is 9.78 Å². The van der Waals surface area contributed by atoms with Gasteiger partial charge in [-0.3, -0.25) is 33.7 Å². The maximum Gasteiger partial charge on any atom is 0.471 e. The van der Waals surface area contributed by atoms with Gasteiger partial charge in [-0.15, -0.1) is 0 Å². The van der Waals surface area contributed by atoms with Crippen LogP contribution in [0.25, 0.3) is 11.5 Å². The molecule has 0 saturated heterocycles. The van der Waals surface area contributed by atoms with Crippen molar-refractivity contribution in [3.63, 3.8) is 0 Å². The minimum absolute atomic E-state index is 0.0822. The number of esters is 2. The molecule has 0 fully saturated rings. The fourth-order valence-corrected chi connectivity index (χ4v) is 5.27. The van der Waals surface area contributed by atoms with E-state index in [1.54, 1.807) is 41.5 Å². The zero-order valence-electron chi connectivity index (χ0n) is 33.2. The van der Waals surface area contributed by atoms with Gasteiger partial charge in [-0.05, 0) is 90.4 Å². The number of anilines is 2. The van der Waals surface area contributed by atoms with Gasteiger partial charge in [0.2, 0.25) is 17.8 Å². The molecule has 2 atom stereocenters. The Morgan fingerprint density at radius 1 is 0.898 bits per heavy atom. The van der Waals surface area contributed by atoms with Gasteiger partial charge in [0.25, 0.3) is 5.91 Å². The van der Waals surface area contributed by atoms with E-state index in [9.17, 15) is 46.7 Å². The van der Waals surface area contributed by atoms with Crippen LogP contribution in [0.3, 0.4) is 0 Å². The Bertz CT molecular complexity index is 2050. The van der Waals surface area contributed by atoms with E-state index in [-0.39, 0.29) is 60.2 Å². The lowest BCUT2D eigenvalue weighted by Crippen LogP contribution is -2.48. The molecule has 0 unspecified atom stereocenters. The first-order chi connectivity index (χ1) is 27.4. The van der Waals surface area contributed by atoms with Gasteiger partial charge in [-0.2, -0.15) is 23.1 Å². The molecule has 22 heteroatoms. The standard InChI is InChI=1S/C37H46F3N9O9S/c1-35(2,3)57-26(51)15-13-23(30(53)42-16-7-17-59)45-25(50)14-12-24(32(55)58-36(4,5)6)46-29(52)20-8-10-22(11-9-20)49(33(56)37(38,39)40)19-21-18-43-28-27(44-21)31(54)48-34(41)47-28/h8-11,17-18,23-24H,7,12-16,19H2,1-6H3,(H,42,53)(H,45,50)(H,46,52)(H3,41,43,47,48,54)/t23-,24-/m0/s1. The third-order valence-corrected chi connectivity index (χ3v) is 7.91. The monoisotopic (exact) mass is 849 g/mol. The molecule has 4 amide bonds. The quantitative estimate of drug-likeness (QED) is 0.0744. The molecule has 0 aromatic heterocycles. The van der Waals surface area contributed by atoms with E-state index in [1.165, 1.54) is 5.37 Å². The molecule has 0 saturated carbocycles. The van der Waals surface area contributed by atoms with Crippen LogP contribution < -0.4 is 32.1 Å². The molecular weight excluding hydrogens is 804 g/mol. The fraction of sp³-hybridized carbons (Fsp3) is 0.486. The van der Waals surface area contributed by atoms with Crippen molar-refractivity contribution < 1.29 is 51.4 Å². The normalized spacial score (nSPS) is 12.8. The smallest absolute Gasteiger partial charge is 0.460 e. The second-order valence-electron chi connectivity index (χ2n) is 15.0. The Morgan fingerprint density at radius 3 is 2.12 bits per heavy atom. The number of rotatable bonds is 17. The zero-order chi connectivity index (χ0) is 44.3. The van der Waals surface area contributed by atoms with Gasteiger partial charge in [0, 0.05) is 36.8 Å². The number of aromatic nitrogens is 4. The molecule has 0 spiro atoms. The van der Waals surface area contributed by atoms with Crippen molar-refractivity contribution in [3.8, 4) is 11.5 Å². The first-order valence-corrected chi connectivity index (χ1v) is 18.6. The van der Waals surface area contributed by atoms with Crippen molar-refractivity contribution in [1.29, 1.82) is 0 Å². The van der Waals surface area contributed by atoms with Gasteiger partial charge in [-0.1, -0.05) is 12.2 Å². The highest BCUT2D eigenvalue weighted by Crippen LogP contribution is 2.26. The number of nitrogens with one attached hydrogen (secondary N) is 4. The summed E-state index contributed by atoms with van der Waals surface area (Å²) in [6.45, 7) is 9.18. The van der Waals surface area contributed by atoms with E-state index in [0.29, 0.717) is 11.3 Å². The number of hydrogen-bond donors (Lipinski definition) is 5. The van der Waals surface area contributed by atoms with Crippen LogP contribution in [0.2, 0.25) is 0 Å². The molecular formula is C37H46F3N9O9S. The molecule has 59 heavy (non-hydrogen) atoms. The number of thiocarbonyl (C=S) groups is 1. The number of nitrogens with zero attached hydrogens (tertiary/aromatic N) is 4. The van der Waals surface area contributed by atoms with E-state index in [1.807, 2.05) is 0 Å². The summed E-state index contributed by atoms with van der Waals surface area (Å²) >= 11 is 4.78. The lowest BCUT2D eigenvalue weighted by Gasteiger charge is -2.25. The highest BCUT2D eigenvalue weighted by Gasteiger charge is 2.43. The van der Waals surface area contributed by atoms with Gasteiger partial charge >= 0.3 is 29.6 Å². The first kappa shape index (κ1) is 47.3. The minimum Gasteiger partial charge on any atom is -0.460 e. The van der Waals surface area contributed by atoms with Crippen LogP contribution in [0.5, 0.6) is 0 Å². The molecule has 6 N–H and O–H groups in total. The van der Waals surface area contributed by atoms with Crippen molar-refractivity contribution >= 4 is 64.8 Å². The van der Waals surface area contributed by atoms with Gasteiger partial charge in [0.05, 0.1) is 12.2 Å². The molecule has 0 bridgehead atoms. The molecule has 1 aromatic rings. The number of H-pyrrole nitrogens is 1. The summed E-state index contributed by atoms with van der Waals surface area (Å²) in [5.74, 6) is -6.40. The van der Waals surface area contributed by atoms with Crippen LogP contribution in [0.15, 0.2) is 35.3 Å². The average molecular weight is 850 g/mol. The number of halogens is 3. The van der Waals surface area contributed by atoms with Gasteiger partial charge < -0.3 is 36.1 Å². The van der Waals surface area contributed by atoms with Crippen LogP contribution in [-0.4, -0.2) is 96.9 Å². The molecule has 1 aromatic carbocycles. The van der Waals surface area contributed by atoms with Crippen molar-refractivity contribution in [2.45, 2.75) is 110 Å². The van der Waals surface area contributed by atoms with Crippen LogP contribution in [0.1, 0.15) is 89.7 Å². The Kier molecular flexibility index (Phi) is 16.1. The number of amides is 4. The highest BCUT2D eigenvalue weighted by molar-refractivity contribution is 7.78. The lowest BCUT2D eigenvalue weighted by atomic mass is 10.1. The van der Waals surface area contributed by atoms with Crippen molar-refractivity contribution in [2.24, 2.45) is 0 Å². The minimum atomic E-state index is -5.34. The maximum atomic E-state index is 13.7. The van der Waals surface area contributed by atoms with Crippen molar-refractivity contribution in [1.82, 2.24) is 35.9 Å². The number of aromatic amines is 1. The summed E-state index contributed by atoms with van der Waals surface area (Å²) in [5.41, 5.74) is 1.80. The molecule has 2 heterocycles. The number of carbonyl (C=O) groups is 6. The van der Waals surface area contributed by atoms with Gasteiger partial charge in [0.1, 0.15) is 23.3 Å². The number of carbonyl (C=O) groups excluding carboxylic acids is 6. The summed E-state index contributed by atoms with van der Waals surface area (Å²) in [5, 5.41) is 9.07. The number of nitrogen functional groups attached to an aromatic ring is 1. The topological polar surface area (TPSA) is 258 Å². The average Bonchev–Trinajstić information content (AvgIpc) is 3.12. The summed E-state index contributed by atoms with van der Waals surface area (Å²) in [4.78, 5) is 104. The second-order valence-corrected chi connectivity index (χ2v) is 15.3. The van der Waals surface area contributed by atoms with E-state index in [0.717, 1.165) is 30.5 Å². The summed E-state index contributed by atoms with van der Waals surface area (Å²) in [6, 6.07) is 1.72. The summed E-state index contributed by atoms with van der Waals surface area (Å²) < 4.78 is 52.0. The number of fused-ring (bicyclic) bond motifs is 1. The van der Waals surface area contributed by atoms with E-state index >= 15 is 0 Å². The molecule has 0 radical (unpaired) electrons. The molecule has 0 aliphatic carbocycles. The third kappa shape index (κ3) is 15.3. The molecule has 18 nitrogen and oxygen atoms in total. The predicted molar refractivity (Wildman–Crippen MR) is 210 cm³/mol. The predicted octanol–water partition coefficient (Wildman–Crippen LogP) is 2.68. The highest BCUT2D eigenvalue weighted by atomic mass is 32.1. The molecule has 320 valence electrons. The number of ether oxygens (including phenoxy) is 2. The first-order valence-electron chi connectivity index (χ1n) is 18.1. The van der Waals surface area contributed by atoms with Crippen LogP contribution in [-0.2, 0) is 40.0 Å². The number of alkyl halides is 3. The molecule has 2 aliphatic rings. The largest absolute Gasteiger partial charge is 0.471 e. The molecule has 2 aliphatic heterocycles. The summed E-state index contributed by atoms with van der Waals surface area (Å²) in [6.07, 6.45) is -4.86. The van der Waals surface area contributed by atoms with Crippen molar-refractivity contribution in [2.75, 3.05) is 17.2 Å². The van der Waals surface area contributed by atoms with Crippen LogP contribution >= 0.6 is 12.2 Å². The Labute approximate surface area is 341 Å². The van der Waals surface area contributed by atoms with Crippen molar-refractivity contribution in [3.05, 3.63) is 52.1 Å². The van der Waals surface area contributed by atoms with E-state index in [2.05, 4.69) is 35.9 Å². The van der Waals surface area contributed by atoms with E-state index in [4.69, 9.17) is 27.4 Å². The zero-order valence-corrected chi connectivity index (χ0v) is 34.0. The number of benzene rings is 1. The Balaban J connectivity index is 1.80. The fourth-order valence-electron chi connectivity index (χ4n) is 5.16. The van der Waals surface area contributed by atoms with Crippen LogP contribution in [0, 0.1) is 0 Å². The Hall–Kier alpha value is -6.06. The second kappa shape index (κ2) is 20.1. The third-order valence-electron chi connectivity index (χ3n) is 7.68. The lowest BCUT2D eigenvalue weighted by molar-refractivity contribution is -0.170. The number of nitrogens with two attached hydrogens (primary N) is 1. The van der Waals surface area contributed by atoms with Gasteiger partial charge in [0.15, 0.2) is 11.5 Å².